The summed E-state index contributed by atoms with van der Waals surface area (Å²) in [5.74, 6) is -0.211. The fourth-order valence-electron chi connectivity index (χ4n) is 2.26. The number of nitrogens with two attached hydrogens (primary N) is 1. The third kappa shape index (κ3) is 5.02. The van der Waals surface area contributed by atoms with Gasteiger partial charge in [0.25, 0.3) is 5.91 Å². The maximum atomic E-state index is 12.7. The second-order valence-corrected chi connectivity index (χ2v) is 8.27. The molecule has 1 amide bonds. The van der Waals surface area contributed by atoms with Gasteiger partial charge in [0.15, 0.2) is 0 Å². The van der Waals surface area contributed by atoms with E-state index in [0.717, 1.165) is 5.56 Å². The van der Waals surface area contributed by atoms with Gasteiger partial charge in [0.2, 0.25) is 10.0 Å². The topological polar surface area (TPSA) is 92.5 Å². The van der Waals surface area contributed by atoms with Gasteiger partial charge < -0.3 is 10.6 Å². The van der Waals surface area contributed by atoms with Crippen LogP contribution in [0.15, 0.2) is 23.1 Å². The van der Waals surface area contributed by atoms with E-state index >= 15 is 0 Å². The number of carbonyl (C=O) groups is 1. The van der Waals surface area contributed by atoms with Crippen LogP contribution in [-0.2, 0) is 10.0 Å². The van der Waals surface area contributed by atoms with Gasteiger partial charge in [-0.15, -0.1) is 0 Å². The molecule has 0 unspecified atom stereocenters. The van der Waals surface area contributed by atoms with Crippen LogP contribution < -0.4 is 10.5 Å². The smallest absolute Gasteiger partial charge is 0.253 e. The summed E-state index contributed by atoms with van der Waals surface area (Å²) in [6.07, 6.45) is 0. The van der Waals surface area contributed by atoms with Crippen molar-refractivity contribution in [2.24, 2.45) is 11.1 Å². The first-order valence-electron chi connectivity index (χ1n) is 7.60. The molecule has 0 radical (unpaired) electrons. The molecule has 0 aromatic heterocycles. The number of nitrogens with one attached hydrogen (secondary N) is 1. The molecule has 3 N–H and O–H groups in total. The van der Waals surface area contributed by atoms with Gasteiger partial charge in [-0.2, -0.15) is 0 Å². The first-order chi connectivity index (χ1) is 10.5. The Balaban J connectivity index is 3.15. The van der Waals surface area contributed by atoms with Crippen LogP contribution in [0.2, 0.25) is 0 Å². The molecule has 0 fully saturated rings. The molecule has 1 aromatic carbocycles. The quantitative estimate of drug-likeness (QED) is 0.783. The molecule has 1 aromatic rings. The second kappa shape index (κ2) is 7.42. The average molecular weight is 341 g/mol. The van der Waals surface area contributed by atoms with Crippen molar-refractivity contribution >= 4 is 15.9 Å². The van der Waals surface area contributed by atoms with E-state index in [9.17, 15) is 13.2 Å². The van der Waals surface area contributed by atoms with Gasteiger partial charge >= 0.3 is 0 Å². The number of nitrogens with zero attached hydrogens (tertiary/aromatic N) is 1. The zero-order valence-electron chi connectivity index (χ0n) is 14.5. The zero-order valence-corrected chi connectivity index (χ0v) is 15.3. The Labute approximate surface area is 139 Å². The van der Waals surface area contributed by atoms with Crippen LogP contribution in [0.25, 0.3) is 0 Å². The van der Waals surface area contributed by atoms with E-state index in [-0.39, 0.29) is 16.2 Å². The molecule has 6 nitrogen and oxygen atoms in total. The highest BCUT2D eigenvalue weighted by atomic mass is 32.2. The second-order valence-electron chi connectivity index (χ2n) is 6.51. The molecule has 0 atom stereocenters. The lowest BCUT2D eigenvalue weighted by molar-refractivity contribution is 0.0739. The van der Waals surface area contributed by atoms with E-state index in [1.165, 1.54) is 12.1 Å². The van der Waals surface area contributed by atoms with E-state index in [2.05, 4.69) is 4.72 Å². The average Bonchev–Trinajstić information content (AvgIpc) is 2.46. The van der Waals surface area contributed by atoms with Gasteiger partial charge in [0, 0.05) is 25.7 Å². The van der Waals surface area contributed by atoms with Gasteiger partial charge in [-0.05, 0) is 36.6 Å². The van der Waals surface area contributed by atoms with Crippen molar-refractivity contribution in [3.8, 4) is 0 Å². The van der Waals surface area contributed by atoms with Crippen molar-refractivity contribution in [1.29, 1.82) is 0 Å². The van der Waals surface area contributed by atoms with E-state index in [1.807, 2.05) is 13.8 Å². The van der Waals surface area contributed by atoms with Gasteiger partial charge in [0.1, 0.15) is 0 Å². The summed E-state index contributed by atoms with van der Waals surface area (Å²) < 4.78 is 26.7. The minimum Gasteiger partial charge on any atom is -0.341 e. The minimum absolute atomic E-state index is 0.0970. The molecule has 0 spiro atoms. The summed E-state index contributed by atoms with van der Waals surface area (Å²) in [6.45, 7) is 8.71. The normalized spacial score (nSPS) is 12.3. The van der Waals surface area contributed by atoms with Crippen LogP contribution in [0.1, 0.15) is 36.7 Å². The van der Waals surface area contributed by atoms with Crippen molar-refractivity contribution in [2.45, 2.75) is 32.6 Å². The lowest BCUT2D eigenvalue weighted by atomic mass is 9.93. The monoisotopic (exact) mass is 341 g/mol. The highest BCUT2D eigenvalue weighted by Crippen LogP contribution is 2.20. The van der Waals surface area contributed by atoms with Crippen LogP contribution in [0.3, 0.4) is 0 Å². The van der Waals surface area contributed by atoms with Gasteiger partial charge in [0.05, 0.1) is 4.90 Å². The largest absolute Gasteiger partial charge is 0.341 e. The molecule has 0 heterocycles. The zero-order chi connectivity index (χ0) is 17.8. The fourth-order valence-corrected chi connectivity index (χ4v) is 3.32. The van der Waals surface area contributed by atoms with E-state index in [1.54, 1.807) is 31.9 Å². The molecule has 1 rings (SSSR count). The maximum Gasteiger partial charge on any atom is 0.253 e. The van der Waals surface area contributed by atoms with Crippen molar-refractivity contribution in [3.05, 3.63) is 29.3 Å². The number of rotatable bonds is 7. The van der Waals surface area contributed by atoms with Crippen molar-refractivity contribution in [2.75, 3.05) is 26.7 Å². The Kier molecular flexibility index (Phi) is 6.33. The number of carbonyl (C=O) groups excluding carboxylic acids is 1. The molecule has 0 aliphatic rings. The van der Waals surface area contributed by atoms with Crippen molar-refractivity contribution in [1.82, 2.24) is 9.62 Å². The molecule has 130 valence electrons. The molecule has 0 saturated carbocycles. The van der Waals surface area contributed by atoms with Gasteiger partial charge in [-0.25, -0.2) is 13.1 Å². The van der Waals surface area contributed by atoms with Crippen LogP contribution in [-0.4, -0.2) is 45.9 Å². The number of sulfonamides is 1. The van der Waals surface area contributed by atoms with Crippen LogP contribution >= 0.6 is 0 Å². The Morgan fingerprint density at radius 3 is 2.48 bits per heavy atom. The molecule has 7 heteroatoms. The van der Waals surface area contributed by atoms with E-state index < -0.39 is 10.0 Å². The van der Waals surface area contributed by atoms with Crippen LogP contribution in [0, 0.1) is 12.3 Å². The number of hydrogen-bond acceptors (Lipinski definition) is 4. The standard InChI is InChI=1S/C16H27N3O3S/c1-6-18-23(21,22)13-8-7-12(2)14(9-13)15(20)19(5)11-16(3,4)10-17/h7-9,18H,6,10-11,17H2,1-5H3. The Morgan fingerprint density at radius 2 is 1.96 bits per heavy atom. The molecular formula is C16H27N3O3S. The summed E-state index contributed by atoms with van der Waals surface area (Å²) >= 11 is 0. The molecule has 0 aliphatic heterocycles. The summed E-state index contributed by atoms with van der Waals surface area (Å²) in [6, 6.07) is 4.59. The molecule has 23 heavy (non-hydrogen) atoms. The number of hydrogen-bond donors (Lipinski definition) is 2. The summed E-state index contributed by atoms with van der Waals surface area (Å²) in [4.78, 5) is 14.3. The number of aryl methyl sites for hydroxylation is 1. The minimum atomic E-state index is -3.59. The summed E-state index contributed by atoms with van der Waals surface area (Å²) in [5, 5.41) is 0. The highest BCUT2D eigenvalue weighted by molar-refractivity contribution is 7.89. The Bertz CT molecular complexity index is 669. The number of benzene rings is 1. The lowest BCUT2D eigenvalue weighted by Gasteiger charge is -2.29. The summed E-state index contributed by atoms with van der Waals surface area (Å²) in [7, 11) is -1.89. The Hall–Kier alpha value is -1.44. The van der Waals surface area contributed by atoms with Gasteiger partial charge in [-0.3, -0.25) is 4.79 Å². The van der Waals surface area contributed by atoms with Gasteiger partial charge in [-0.1, -0.05) is 26.8 Å². The Morgan fingerprint density at radius 1 is 1.35 bits per heavy atom. The summed E-state index contributed by atoms with van der Waals surface area (Å²) in [5.41, 5.74) is 6.64. The predicted molar refractivity (Wildman–Crippen MR) is 91.8 cm³/mol. The highest BCUT2D eigenvalue weighted by Gasteiger charge is 2.24. The SMILES string of the molecule is CCNS(=O)(=O)c1ccc(C)c(C(=O)N(C)CC(C)(C)CN)c1. The van der Waals surface area contributed by atoms with Crippen molar-refractivity contribution < 1.29 is 13.2 Å². The van der Waals surface area contributed by atoms with E-state index in [4.69, 9.17) is 5.73 Å². The lowest BCUT2D eigenvalue weighted by Crippen LogP contribution is -2.40. The molecule has 0 aliphatic carbocycles. The van der Waals surface area contributed by atoms with Crippen LogP contribution in [0.4, 0.5) is 0 Å². The predicted octanol–water partition coefficient (Wildman–Crippen LogP) is 1.35. The molecular weight excluding hydrogens is 314 g/mol. The third-order valence-corrected chi connectivity index (χ3v) is 5.19. The maximum absolute atomic E-state index is 12.7. The number of amides is 1. The first kappa shape index (κ1) is 19.6. The van der Waals surface area contributed by atoms with Crippen LogP contribution in [0.5, 0.6) is 0 Å². The van der Waals surface area contributed by atoms with Crippen molar-refractivity contribution in [3.63, 3.8) is 0 Å². The molecule has 0 bridgehead atoms. The molecule has 0 saturated heterocycles. The first-order valence-corrected chi connectivity index (χ1v) is 9.08. The third-order valence-electron chi connectivity index (χ3n) is 3.65. The van der Waals surface area contributed by atoms with E-state index in [0.29, 0.717) is 25.2 Å². The fraction of sp³-hybridized carbons (Fsp3) is 0.562.